The Morgan fingerprint density at radius 1 is 0.796 bits per heavy atom. The van der Waals surface area contributed by atoms with Crippen molar-refractivity contribution in [1.29, 1.82) is 0 Å². The summed E-state index contributed by atoms with van der Waals surface area (Å²) in [5.41, 5.74) is 5.83. The van der Waals surface area contributed by atoms with Gasteiger partial charge in [0, 0.05) is 58.5 Å². The first-order valence-corrected chi connectivity index (χ1v) is 17.6. The number of esters is 1. The van der Waals surface area contributed by atoms with Crippen molar-refractivity contribution in [2.24, 2.45) is 0 Å². The number of carbonyl (C=O) groups is 2. The van der Waals surface area contributed by atoms with E-state index in [1.54, 1.807) is 42.5 Å². The fourth-order valence-corrected chi connectivity index (χ4v) is 7.52. The number of hydrogen-bond acceptors (Lipinski definition) is 8. The van der Waals surface area contributed by atoms with Crippen molar-refractivity contribution in [3.05, 3.63) is 142 Å². The van der Waals surface area contributed by atoms with E-state index in [1.807, 2.05) is 62.4 Å². The van der Waals surface area contributed by atoms with Crippen LogP contribution in [0.25, 0.3) is 0 Å². The van der Waals surface area contributed by atoms with Crippen molar-refractivity contribution in [3.8, 4) is 11.5 Å². The highest BCUT2D eigenvalue weighted by Gasteiger charge is 2.53. The molecular formula is C39H35N3O6S. The van der Waals surface area contributed by atoms with Gasteiger partial charge in [0.15, 0.2) is 5.60 Å². The Balaban J connectivity index is 1.22. The van der Waals surface area contributed by atoms with Gasteiger partial charge in [-0.2, -0.15) is 0 Å². The van der Waals surface area contributed by atoms with Gasteiger partial charge in [0.1, 0.15) is 11.5 Å². The minimum Gasteiger partial charge on any atom is -0.456 e. The lowest BCUT2D eigenvalue weighted by molar-refractivity contribution is 0.0224. The molecule has 5 aromatic carbocycles. The molecule has 1 unspecified atom stereocenters. The van der Waals surface area contributed by atoms with Gasteiger partial charge in [0.2, 0.25) is 0 Å². The number of aryl methyl sites for hydroxylation is 2. The summed E-state index contributed by atoms with van der Waals surface area (Å²) in [7, 11) is -4.03. The van der Waals surface area contributed by atoms with E-state index in [9.17, 15) is 18.0 Å². The predicted octanol–water partition coefficient (Wildman–Crippen LogP) is 7.58. The molecule has 7 rings (SSSR count). The molecule has 2 heterocycles. The second-order valence-corrected chi connectivity index (χ2v) is 13.9. The Morgan fingerprint density at radius 3 is 2.20 bits per heavy atom. The lowest BCUT2D eigenvalue weighted by atomic mass is 9.77. The number of nitrogens with one attached hydrogen (secondary N) is 2. The van der Waals surface area contributed by atoms with Crippen LogP contribution in [0.1, 0.15) is 62.4 Å². The van der Waals surface area contributed by atoms with Crippen LogP contribution in [-0.4, -0.2) is 33.4 Å². The highest BCUT2D eigenvalue weighted by Crippen LogP contribution is 2.57. The molecule has 0 aliphatic carbocycles. The van der Waals surface area contributed by atoms with E-state index in [1.165, 1.54) is 12.1 Å². The van der Waals surface area contributed by atoms with Crippen LogP contribution in [0, 0.1) is 13.8 Å². The van der Waals surface area contributed by atoms with Gasteiger partial charge in [0.05, 0.1) is 10.5 Å². The minimum atomic E-state index is -4.03. The van der Waals surface area contributed by atoms with E-state index in [2.05, 4.69) is 28.8 Å². The average molecular weight is 674 g/mol. The Hall–Kier alpha value is -5.61. The van der Waals surface area contributed by atoms with E-state index < -0.39 is 27.5 Å². The van der Waals surface area contributed by atoms with Crippen LogP contribution in [0.4, 0.5) is 17.1 Å². The molecule has 0 saturated carbocycles. The average Bonchev–Trinajstić information content (AvgIpc) is 3.38. The van der Waals surface area contributed by atoms with Crippen molar-refractivity contribution < 1.29 is 27.5 Å². The zero-order valence-electron chi connectivity index (χ0n) is 27.5. The molecule has 49 heavy (non-hydrogen) atoms. The smallest absolute Gasteiger partial charge is 0.340 e. The molecular weight excluding hydrogens is 639 g/mol. The number of sulfonamides is 1. The van der Waals surface area contributed by atoms with E-state index in [0.29, 0.717) is 28.3 Å². The van der Waals surface area contributed by atoms with E-state index in [0.717, 1.165) is 46.7 Å². The summed E-state index contributed by atoms with van der Waals surface area (Å²) in [4.78, 5) is 28.5. The zero-order chi connectivity index (χ0) is 34.5. The first-order chi connectivity index (χ1) is 23.5. The second-order valence-electron chi connectivity index (χ2n) is 12.2. The molecule has 1 atom stereocenters. The van der Waals surface area contributed by atoms with E-state index in [4.69, 9.17) is 9.47 Å². The van der Waals surface area contributed by atoms with Crippen molar-refractivity contribution in [2.75, 3.05) is 23.3 Å². The molecule has 0 radical (unpaired) electrons. The fraction of sp³-hybridized carbons (Fsp3) is 0.179. The zero-order valence-corrected chi connectivity index (χ0v) is 28.4. The Morgan fingerprint density at radius 2 is 1.49 bits per heavy atom. The lowest BCUT2D eigenvalue weighted by Gasteiger charge is -2.37. The first-order valence-electron chi connectivity index (χ1n) is 16.1. The molecule has 0 saturated heterocycles. The van der Waals surface area contributed by atoms with Crippen molar-refractivity contribution in [2.45, 2.75) is 38.2 Å². The summed E-state index contributed by atoms with van der Waals surface area (Å²) in [6.45, 7) is 9.68. The van der Waals surface area contributed by atoms with Gasteiger partial charge in [-0.3, -0.25) is 4.79 Å². The maximum absolute atomic E-state index is 13.4. The van der Waals surface area contributed by atoms with Gasteiger partial charge in [-0.05, 0) is 100.0 Å². The quantitative estimate of drug-likeness (QED) is 0.162. The van der Waals surface area contributed by atoms with Crippen molar-refractivity contribution >= 4 is 39.0 Å². The van der Waals surface area contributed by atoms with Gasteiger partial charge < -0.3 is 19.7 Å². The molecule has 2 N–H and O–H groups in total. The molecule has 0 bridgehead atoms. The maximum atomic E-state index is 13.4. The highest BCUT2D eigenvalue weighted by atomic mass is 32.2. The van der Waals surface area contributed by atoms with Crippen LogP contribution in [0.15, 0.2) is 108 Å². The highest BCUT2D eigenvalue weighted by molar-refractivity contribution is 7.90. The molecule has 2 aliphatic heterocycles. The minimum absolute atomic E-state index is 0.0110. The number of carbonyl (C=O) groups excluding carboxylic acids is 2. The SMILES string of the molecule is CCN(CC)c1ccc2c(c1)Oc1cc(C)c(Nc3ccc(C(=O)NS(=O)(=O)c4ccc(C)cc4)cc3)cc1C21OC(=O)c2ccccc21. The van der Waals surface area contributed by atoms with Crippen molar-refractivity contribution in [1.82, 2.24) is 4.72 Å². The standard InChI is InChI=1S/C39H35N3O6S/c1-5-42(6-2)28-17-20-32-36(22-28)47-35-21-25(4)34(23-33(35)39(32)31-10-8-7-9-30(31)38(44)48-39)40-27-15-13-26(14-16-27)37(43)41-49(45,46)29-18-11-24(3)12-19-29/h7-23,40H,5-6H2,1-4H3,(H,41,43). The third-order valence-electron chi connectivity index (χ3n) is 9.16. The van der Waals surface area contributed by atoms with Gasteiger partial charge in [-0.25, -0.2) is 17.9 Å². The normalized spacial score (nSPS) is 15.8. The van der Waals surface area contributed by atoms with Crippen molar-refractivity contribution in [3.63, 3.8) is 0 Å². The third-order valence-corrected chi connectivity index (χ3v) is 10.5. The first kappa shape index (κ1) is 32.0. The summed E-state index contributed by atoms with van der Waals surface area (Å²) in [6, 6.07) is 30.1. The molecule has 1 amide bonds. The maximum Gasteiger partial charge on any atom is 0.340 e. The number of rotatable bonds is 8. The third kappa shape index (κ3) is 5.47. The van der Waals surface area contributed by atoms with Crippen LogP contribution in [-0.2, 0) is 20.4 Å². The fourth-order valence-electron chi connectivity index (χ4n) is 6.55. The molecule has 0 aromatic heterocycles. The summed E-state index contributed by atoms with van der Waals surface area (Å²) < 4.78 is 40.6. The van der Waals surface area contributed by atoms with Gasteiger partial charge in [-0.15, -0.1) is 0 Å². The summed E-state index contributed by atoms with van der Waals surface area (Å²) in [5.74, 6) is 0.0644. The van der Waals surface area contributed by atoms with E-state index >= 15 is 0 Å². The van der Waals surface area contributed by atoms with Crippen LogP contribution in [0.3, 0.4) is 0 Å². The summed E-state index contributed by atoms with van der Waals surface area (Å²) >= 11 is 0. The van der Waals surface area contributed by atoms with Crippen LogP contribution < -0.4 is 19.7 Å². The molecule has 0 fully saturated rings. The van der Waals surface area contributed by atoms with Gasteiger partial charge in [0.25, 0.3) is 15.9 Å². The van der Waals surface area contributed by atoms with Gasteiger partial charge >= 0.3 is 5.97 Å². The Bertz CT molecular complexity index is 2230. The number of fused-ring (bicyclic) bond motifs is 6. The summed E-state index contributed by atoms with van der Waals surface area (Å²) in [5, 5.41) is 3.42. The number of hydrogen-bond donors (Lipinski definition) is 2. The van der Waals surface area contributed by atoms with E-state index in [-0.39, 0.29) is 10.5 Å². The Labute approximate surface area is 285 Å². The largest absolute Gasteiger partial charge is 0.456 e. The number of ether oxygens (including phenoxy) is 2. The van der Waals surface area contributed by atoms with Crippen LogP contribution in [0.2, 0.25) is 0 Å². The molecule has 10 heteroatoms. The number of benzene rings is 5. The number of amides is 1. The monoisotopic (exact) mass is 673 g/mol. The summed E-state index contributed by atoms with van der Waals surface area (Å²) in [6.07, 6.45) is 0. The van der Waals surface area contributed by atoms with Crippen LogP contribution in [0.5, 0.6) is 11.5 Å². The second kappa shape index (κ2) is 12.1. The van der Waals surface area contributed by atoms with Gasteiger partial charge in [-0.1, -0.05) is 35.9 Å². The van der Waals surface area contributed by atoms with Crippen LogP contribution >= 0.6 is 0 Å². The molecule has 9 nitrogen and oxygen atoms in total. The molecule has 2 aliphatic rings. The lowest BCUT2D eigenvalue weighted by Crippen LogP contribution is -2.33. The molecule has 248 valence electrons. The molecule has 1 spiro atoms. The molecule has 5 aromatic rings. The topological polar surface area (TPSA) is 114 Å². The Kier molecular flexibility index (Phi) is 7.91. The number of nitrogens with zero attached hydrogens (tertiary/aromatic N) is 1. The number of anilines is 3. The predicted molar refractivity (Wildman–Crippen MR) is 189 cm³/mol.